The number of rotatable bonds is 7. The summed E-state index contributed by atoms with van der Waals surface area (Å²) in [5.74, 6) is -2.55. The minimum atomic E-state index is -1.11. The van der Waals surface area contributed by atoms with Gasteiger partial charge in [-0.1, -0.05) is 36.4 Å². The summed E-state index contributed by atoms with van der Waals surface area (Å²) in [6.07, 6.45) is 12.8. The van der Waals surface area contributed by atoms with Crippen LogP contribution in [0.5, 0.6) is 0 Å². The van der Waals surface area contributed by atoms with Gasteiger partial charge in [0.15, 0.2) is 11.7 Å². The van der Waals surface area contributed by atoms with Gasteiger partial charge in [-0.2, -0.15) is 5.10 Å². The third-order valence-electron chi connectivity index (χ3n) is 6.58. The SMILES string of the molecule is CC(=O)C1CC=CCC1/C([O-])=N\N/C(=N\c1ccccn1)c1ccccn1.CC(=O)C1CC=CCC1C(=O)[O-].[Cu+2]. The fraction of sp³-hybridized carbons (Fsp3) is 0.345. The molecule has 11 heteroatoms. The summed E-state index contributed by atoms with van der Waals surface area (Å²) in [5.41, 5.74) is 3.26. The largest absolute Gasteiger partial charge is 2.00 e. The van der Waals surface area contributed by atoms with Crippen LogP contribution in [-0.4, -0.2) is 39.2 Å². The van der Waals surface area contributed by atoms with E-state index in [0.29, 0.717) is 43.0 Å². The molecule has 40 heavy (non-hydrogen) atoms. The zero-order valence-corrected chi connectivity index (χ0v) is 23.1. The van der Waals surface area contributed by atoms with Gasteiger partial charge in [-0.05, 0) is 69.7 Å². The van der Waals surface area contributed by atoms with E-state index in [1.54, 1.807) is 42.7 Å². The summed E-state index contributed by atoms with van der Waals surface area (Å²) in [6, 6.07) is 10.7. The average Bonchev–Trinajstić information content (AvgIpc) is 2.96. The van der Waals surface area contributed by atoms with Crippen LogP contribution in [0.4, 0.5) is 5.82 Å². The van der Waals surface area contributed by atoms with E-state index in [1.807, 2.05) is 30.4 Å². The summed E-state index contributed by atoms with van der Waals surface area (Å²) >= 11 is 0. The molecule has 1 radical (unpaired) electrons. The molecule has 213 valence electrons. The molecule has 0 saturated carbocycles. The number of ketones is 2. The molecule has 0 spiro atoms. The van der Waals surface area contributed by atoms with Crippen LogP contribution in [0.25, 0.3) is 0 Å². The minimum Gasteiger partial charge on any atom is -0.860 e. The van der Waals surface area contributed by atoms with Crippen molar-refractivity contribution < 1.29 is 41.7 Å². The molecule has 4 rings (SSSR count). The van der Waals surface area contributed by atoms with Gasteiger partial charge in [-0.15, -0.1) is 0 Å². The van der Waals surface area contributed by atoms with E-state index in [9.17, 15) is 24.6 Å². The molecule has 10 nitrogen and oxygen atoms in total. The Balaban J connectivity index is 0.000000363. The van der Waals surface area contributed by atoms with Crippen molar-refractivity contribution >= 4 is 35.1 Å². The summed E-state index contributed by atoms with van der Waals surface area (Å²) < 4.78 is 0. The number of carboxylic acid groups (broad SMARTS) is 1. The Labute approximate surface area is 243 Å². The van der Waals surface area contributed by atoms with Crippen molar-refractivity contribution in [2.75, 3.05) is 0 Å². The maximum atomic E-state index is 12.6. The molecule has 1 N–H and O–H groups in total. The molecule has 4 unspecified atom stereocenters. The van der Waals surface area contributed by atoms with Crippen molar-refractivity contribution in [3.63, 3.8) is 0 Å². The van der Waals surface area contributed by atoms with Crippen LogP contribution >= 0.6 is 0 Å². The number of allylic oxidation sites excluding steroid dienone is 4. The molecule has 0 amide bonds. The number of amidine groups is 1. The maximum absolute atomic E-state index is 12.6. The number of carboxylic acids is 1. The summed E-state index contributed by atoms with van der Waals surface area (Å²) in [4.78, 5) is 46.2. The first-order valence-electron chi connectivity index (χ1n) is 12.7. The number of pyridine rings is 2. The molecule has 0 saturated heterocycles. The van der Waals surface area contributed by atoms with Crippen LogP contribution in [0, 0.1) is 23.7 Å². The number of hydrogen-bond donors (Lipinski definition) is 1. The molecule has 0 bridgehead atoms. The van der Waals surface area contributed by atoms with Crippen molar-refractivity contribution in [1.29, 1.82) is 0 Å². The first kappa shape index (κ1) is 32.3. The number of carbonyl (C=O) groups excluding carboxylic acids is 3. The smallest absolute Gasteiger partial charge is 0.860 e. The Kier molecular flexibility index (Phi) is 13.1. The zero-order chi connectivity index (χ0) is 28.2. The monoisotopic (exact) mass is 592 g/mol. The minimum absolute atomic E-state index is 0. The molecular weight excluding hydrogens is 562 g/mol. The number of nitrogens with one attached hydrogen (secondary N) is 1. The Morgan fingerprint density at radius 1 is 0.775 bits per heavy atom. The van der Waals surface area contributed by atoms with Crippen LogP contribution in [0.15, 0.2) is 83.2 Å². The van der Waals surface area contributed by atoms with Crippen LogP contribution < -0.4 is 15.6 Å². The van der Waals surface area contributed by atoms with Crippen molar-refractivity contribution in [3.05, 3.63) is 78.8 Å². The second-order valence-corrected chi connectivity index (χ2v) is 9.28. The number of aliphatic imine (C=N–C) groups is 1. The number of aliphatic carboxylic acids is 1. The number of carbonyl (C=O) groups is 3. The predicted octanol–water partition coefficient (Wildman–Crippen LogP) is 1.89. The third kappa shape index (κ3) is 9.36. The van der Waals surface area contributed by atoms with Crippen molar-refractivity contribution in [1.82, 2.24) is 15.4 Å². The van der Waals surface area contributed by atoms with E-state index in [-0.39, 0.29) is 46.4 Å². The predicted molar refractivity (Wildman–Crippen MR) is 142 cm³/mol. The summed E-state index contributed by atoms with van der Waals surface area (Å²) in [7, 11) is 0. The van der Waals surface area contributed by atoms with E-state index in [0.717, 1.165) is 0 Å². The Morgan fingerprint density at radius 3 is 1.77 bits per heavy atom. The number of nitrogens with zero attached hydrogens (tertiary/aromatic N) is 4. The molecule has 2 aromatic heterocycles. The standard InChI is InChI=1S/C20H21N5O2.C9H12O3.Cu/c1-14(26)15-8-2-3-9-16(15)20(27)25-24-19(17-10-4-6-12-21-17)23-18-11-5-7-13-22-18;1-6(10)7-4-2-3-5-8(7)9(11)12;/h2-7,10-13,15-16H,8-9H2,1H3,(H,25,27)(H,22,23,24);2-3,7-8H,4-5H2,1H3,(H,11,12);/q;;+2/p-2. The van der Waals surface area contributed by atoms with Gasteiger partial charge in [0.2, 0.25) is 0 Å². The number of Topliss-reactive ketones (excluding diaryl/α,β-unsaturated/α-hetero) is 2. The van der Waals surface area contributed by atoms with E-state index >= 15 is 0 Å². The fourth-order valence-electron chi connectivity index (χ4n) is 4.43. The molecule has 2 heterocycles. The average molecular weight is 593 g/mol. The normalized spacial score (nSPS) is 22.2. The van der Waals surface area contributed by atoms with E-state index < -0.39 is 17.8 Å². The van der Waals surface area contributed by atoms with Gasteiger partial charge < -0.3 is 15.0 Å². The molecule has 2 aliphatic rings. The van der Waals surface area contributed by atoms with Gasteiger partial charge >= 0.3 is 17.1 Å². The van der Waals surface area contributed by atoms with E-state index in [4.69, 9.17) is 0 Å². The summed E-state index contributed by atoms with van der Waals surface area (Å²) in [5, 5.41) is 27.1. The van der Waals surface area contributed by atoms with Gasteiger partial charge in [0, 0.05) is 42.0 Å². The fourth-order valence-corrected chi connectivity index (χ4v) is 4.43. The van der Waals surface area contributed by atoms with Crippen LogP contribution in [0.3, 0.4) is 0 Å². The molecule has 2 aliphatic carbocycles. The molecule has 0 fully saturated rings. The summed E-state index contributed by atoms with van der Waals surface area (Å²) in [6.45, 7) is 2.94. The van der Waals surface area contributed by atoms with Gasteiger partial charge in [-0.3, -0.25) is 20.0 Å². The number of aromatic nitrogens is 2. The maximum Gasteiger partial charge on any atom is 2.00 e. The second kappa shape index (κ2) is 16.2. The van der Waals surface area contributed by atoms with Crippen molar-refractivity contribution in [2.24, 2.45) is 33.8 Å². The molecule has 4 atom stereocenters. The Hall–Kier alpha value is -3.95. The molecule has 2 aromatic rings. The third-order valence-corrected chi connectivity index (χ3v) is 6.58. The van der Waals surface area contributed by atoms with Crippen LogP contribution in [-0.2, 0) is 31.5 Å². The van der Waals surface area contributed by atoms with Crippen LogP contribution in [0.1, 0.15) is 45.2 Å². The van der Waals surface area contributed by atoms with Gasteiger partial charge in [-0.25, -0.2) is 9.98 Å². The van der Waals surface area contributed by atoms with Gasteiger partial charge in [0.05, 0.1) is 0 Å². The van der Waals surface area contributed by atoms with Crippen LogP contribution in [0.2, 0.25) is 0 Å². The topological polar surface area (TPSA) is 160 Å². The Bertz CT molecular complexity index is 1240. The first-order chi connectivity index (χ1) is 18.8. The van der Waals surface area contributed by atoms with Crippen molar-refractivity contribution in [2.45, 2.75) is 39.5 Å². The van der Waals surface area contributed by atoms with E-state index in [2.05, 4.69) is 25.5 Å². The second-order valence-electron chi connectivity index (χ2n) is 9.28. The molecule has 0 aliphatic heterocycles. The Morgan fingerprint density at radius 2 is 1.30 bits per heavy atom. The van der Waals surface area contributed by atoms with Gasteiger partial charge in [0.1, 0.15) is 17.3 Å². The molecular formula is C29H31CuN5O5. The number of hydrogen-bond acceptors (Lipinski definition) is 9. The number of hydrazone groups is 1. The first-order valence-corrected chi connectivity index (χ1v) is 12.7. The zero-order valence-electron chi connectivity index (χ0n) is 22.2. The quantitative estimate of drug-likeness (QED) is 0.168. The van der Waals surface area contributed by atoms with E-state index in [1.165, 1.54) is 13.8 Å². The molecule has 0 aromatic carbocycles. The van der Waals surface area contributed by atoms with Gasteiger partial charge in [0.25, 0.3) is 0 Å². The van der Waals surface area contributed by atoms with Crippen molar-refractivity contribution in [3.8, 4) is 0 Å².